The van der Waals surface area contributed by atoms with Gasteiger partial charge in [-0.05, 0) is 62.9 Å². The first-order chi connectivity index (χ1) is 14.0. The Labute approximate surface area is 175 Å². The largest absolute Gasteiger partial charge is 0.468 e. The van der Waals surface area contributed by atoms with E-state index in [1.54, 1.807) is 12.1 Å². The molecule has 1 aromatic rings. The molecule has 2 aliphatic heterocycles. The van der Waals surface area contributed by atoms with E-state index in [0.29, 0.717) is 13.0 Å². The summed E-state index contributed by atoms with van der Waals surface area (Å²) in [7, 11) is -2.42. The minimum Gasteiger partial charge on any atom is -0.468 e. The Kier molecular flexibility index (Phi) is 7.71. The van der Waals surface area contributed by atoms with Crippen LogP contribution in [0.25, 0.3) is 0 Å². The molecule has 162 valence electrons. The van der Waals surface area contributed by atoms with Crippen LogP contribution >= 0.6 is 0 Å². The molecule has 6 nitrogen and oxygen atoms in total. The quantitative estimate of drug-likeness (QED) is 0.475. The standard InChI is InChI=1S/C22H34N2O4S/c1-3-4-6-9-18-10-12-20(13-11-18)29(26,27)24-17-19(16-21(24)22(25)28-2)23-14-7-5-8-15-23/h10-13,19,21H,3-9,14-17H2,1-2H3/t19-,21+/m0/s1. The number of likely N-dealkylation sites (tertiary alicyclic amines) is 1. The molecule has 7 heteroatoms. The average Bonchev–Trinajstić information content (AvgIpc) is 3.21. The lowest BCUT2D eigenvalue weighted by molar-refractivity contribution is -0.144. The molecule has 0 unspecified atom stereocenters. The molecule has 0 aromatic heterocycles. The van der Waals surface area contributed by atoms with Crippen molar-refractivity contribution in [2.45, 2.75) is 75.3 Å². The number of ether oxygens (including phenoxy) is 1. The third-order valence-corrected chi connectivity index (χ3v) is 8.10. The summed E-state index contributed by atoms with van der Waals surface area (Å²) in [6.07, 6.45) is 8.38. The van der Waals surface area contributed by atoms with Crippen LogP contribution in [0.5, 0.6) is 0 Å². The molecule has 2 aliphatic rings. The zero-order chi connectivity index (χ0) is 20.9. The van der Waals surface area contributed by atoms with Crippen LogP contribution in [0.1, 0.15) is 57.4 Å². The summed E-state index contributed by atoms with van der Waals surface area (Å²) in [6.45, 7) is 4.46. The number of carbonyl (C=O) groups excluding carboxylic acids is 1. The van der Waals surface area contributed by atoms with Gasteiger partial charge in [0, 0.05) is 12.6 Å². The summed E-state index contributed by atoms with van der Waals surface area (Å²) < 4.78 is 33.0. The van der Waals surface area contributed by atoms with Crippen molar-refractivity contribution in [1.29, 1.82) is 0 Å². The second-order valence-electron chi connectivity index (χ2n) is 8.20. The molecule has 2 heterocycles. The molecule has 0 bridgehead atoms. The summed E-state index contributed by atoms with van der Waals surface area (Å²) in [5.74, 6) is -0.468. The molecule has 0 radical (unpaired) electrons. The lowest BCUT2D eigenvalue weighted by Crippen LogP contribution is -2.42. The van der Waals surface area contributed by atoms with Crippen molar-refractivity contribution in [3.8, 4) is 0 Å². The molecular formula is C22H34N2O4S. The molecule has 29 heavy (non-hydrogen) atoms. The van der Waals surface area contributed by atoms with Crippen molar-refractivity contribution in [2.75, 3.05) is 26.7 Å². The Morgan fingerprint density at radius 3 is 2.41 bits per heavy atom. The van der Waals surface area contributed by atoms with Crippen LogP contribution in [-0.4, -0.2) is 62.4 Å². The number of hydrogen-bond donors (Lipinski definition) is 0. The fraction of sp³-hybridized carbons (Fsp3) is 0.682. The highest BCUT2D eigenvalue weighted by Crippen LogP contribution is 2.31. The van der Waals surface area contributed by atoms with E-state index in [1.165, 1.54) is 24.3 Å². The molecule has 2 saturated heterocycles. The molecule has 1 aromatic carbocycles. The maximum atomic E-state index is 13.4. The predicted octanol–water partition coefficient (Wildman–Crippen LogP) is 3.21. The summed E-state index contributed by atoms with van der Waals surface area (Å²) >= 11 is 0. The highest BCUT2D eigenvalue weighted by molar-refractivity contribution is 7.89. The second-order valence-corrected chi connectivity index (χ2v) is 10.1. The summed E-state index contributed by atoms with van der Waals surface area (Å²) in [5, 5.41) is 0. The van der Waals surface area contributed by atoms with E-state index in [-0.39, 0.29) is 10.9 Å². The fourth-order valence-electron chi connectivity index (χ4n) is 4.49. The molecule has 0 spiro atoms. The van der Waals surface area contributed by atoms with Gasteiger partial charge in [0.25, 0.3) is 0 Å². The van der Waals surface area contributed by atoms with Crippen LogP contribution in [0.15, 0.2) is 29.2 Å². The van der Waals surface area contributed by atoms with Crippen LogP contribution in [0, 0.1) is 0 Å². The number of methoxy groups -OCH3 is 1. The highest BCUT2D eigenvalue weighted by Gasteiger charge is 2.46. The third kappa shape index (κ3) is 5.19. The van der Waals surface area contributed by atoms with Crippen LogP contribution in [0.3, 0.4) is 0 Å². The topological polar surface area (TPSA) is 66.9 Å². The van der Waals surface area contributed by atoms with E-state index in [9.17, 15) is 13.2 Å². The minimum absolute atomic E-state index is 0.0718. The summed E-state index contributed by atoms with van der Waals surface area (Å²) in [5.41, 5.74) is 1.15. The highest BCUT2D eigenvalue weighted by atomic mass is 32.2. The molecule has 0 saturated carbocycles. The lowest BCUT2D eigenvalue weighted by atomic mass is 10.1. The number of nitrogens with zero attached hydrogens (tertiary/aromatic N) is 2. The number of benzene rings is 1. The number of aryl methyl sites for hydroxylation is 1. The molecule has 0 amide bonds. The Morgan fingerprint density at radius 2 is 1.79 bits per heavy atom. The van der Waals surface area contributed by atoms with Gasteiger partial charge in [-0.2, -0.15) is 4.31 Å². The van der Waals surface area contributed by atoms with Crippen molar-refractivity contribution in [3.63, 3.8) is 0 Å². The average molecular weight is 423 g/mol. The van der Waals surface area contributed by atoms with E-state index in [2.05, 4.69) is 11.8 Å². The summed E-state index contributed by atoms with van der Waals surface area (Å²) in [6, 6.07) is 6.48. The first-order valence-electron chi connectivity index (χ1n) is 10.9. The van der Waals surface area contributed by atoms with Crippen LogP contribution in [-0.2, 0) is 26.0 Å². The molecule has 3 rings (SSSR count). The number of esters is 1. The number of hydrogen-bond acceptors (Lipinski definition) is 5. The third-order valence-electron chi connectivity index (χ3n) is 6.21. The van der Waals surface area contributed by atoms with Gasteiger partial charge < -0.3 is 4.74 Å². The SMILES string of the molecule is CCCCCc1ccc(S(=O)(=O)N2C[C@@H](N3CCCCC3)C[C@@H]2C(=O)OC)cc1. The van der Waals surface area contributed by atoms with Gasteiger partial charge in [-0.25, -0.2) is 8.42 Å². The van der Waals surface area contributed by atoms with Gasteiger partial charge in [0.15, 0.2) is 0 Å². The van der Waals surface area contributed by atoms with E-state index in [1.807, 2.05) is 12.1 Å². The number of carbonyl (C=O) groups is 1. The zero-order valence-corrected chi connectivity index (χ0v) is 18.5. The van der Waals surface area contributed by atoms with Gasteiger partial charge >= 0.3 is 5.97 Å². The minimum atomic E-state index is -3.75. The molecular weight excluding hydrogens is 388 g/mol. The number of sulfonamides is 1. The molecule has 0 N–H and O–H groups in total. The van der Waals surface area contributed by atoms with E-state index >= 15 is 0 Å². The van der Waals surface area contributed by atoms with E-state index in [4.69, 9.17) is 4.74 Å². The summed E-state index contributed by atoms with van der Waals surface area (Å²) in [4.78, 5) is 15.0. The van der Waals surface area contributed by atoms with Gasteiger partial charge in [0.05, 0.1) is 12.0 Å². The van der Waals surface area contributed by atoms with Crippen LogP contribution in [0.4, 0.5) is 0 Å². The Morgan fingerprint density at radius 1 is 1.10 bits per heavy atom. The van der Waals surface area contributed by atoms with Gasteiger partial charge in [0.1, 0.15) is 6.04 Å². The van der Waals surface area contributed by atoms with E-state index < -0.39 is 22.0 Å². The molecule has 2 fully saturated rings. The van der Waals surface area contributed by atoms with Gasteiger partial charge in [-0.1, -0.05) is 38.3 Å². The maximum absolute atomic E-state index is 13.4. The van der Waals surface area contributed by atoms with E-state index in [0.717, 1.165) is 50.8 Å². The van der Waals surface area contributed by atoms with Gasteiger partial charge in [-0.15, -0.1) is 0 Å². The lowest BCUT2D eigenvalue weighted by Gasteiger charge is -2.32. The monoisotopic (exact) mass is 422 g/mol. The maximum Gasteiger partial charge on any atom is 0.324 e. The first kappa shape index (κ1) is 22.2. The van der Waals surface area contributed by atoms with Crippen molar-refractivity contribution in [2.24, 2.45) is 0 Å². The van der Waals surface area contributed by atoms with Gasteiger partial charge in [0.2, 0.25) is 10.0 Å². The molecule has 2 atom stereocenters. The number of rotatable bonds is 8. The smallest absolute Gasteiger partial charge is 0.324 e. The zero-order valence-electron chi connectivity index (χ0n) is 17.7. The normalized spacial score (nSPS) is 23.9. The second kappa shape index (κ2) is 10.0. The fourth-order valence-corrected chi connectivity index (χ4v) is 6.12. The van der Waals surface area contributed by atoms with Crippen LogP contribution in [0.2, 0.25) is 0 Å². The Bertz CT molecular complexity index is 773. The number of piperidine rings is 1. The Hall–Kier alpha value is -1.44. The first-order valence-corrected chi connectivity index (χ1v) is 12.3. The Balaban J connectivity index is 1.78. The van der Waals surface area contributed by atoms with Crippen LogP contribution < -0.4 is 0 Å². The van der Waals surface area contributed by atoms with Crippen molar-refractivity contribution < 1.29 is 17.9 Å². The predicted molar refractivity (Wildman–Crippen MR) is 113 cm³/mol. The number of unbranched alkanes of at least 4 members (excludes halogenated alkanes) is 2. The van der Waals surface area contributed by atoms with Gasteiger partial charge in [-0.3, -0.25) is 9.69 Å². The van der Waals surface area contributed by atoms with Crippen molar-refractivity contribution in [1.82, 2.24) is 9.21 Å². The van der Waals surface area contributed by atoms with Crippen molar-refractivity contribution >= 4 is 16.0 Å². The molecule has 0 aliphatic carbocycles. The van der Waals surface area contributed by atoms with Crippen molar-refractivity contribution in [3.05, 3.63) is 29.8 Å².